The number of nitrogens with two attached hydrogens (primary N) is 2. The fourth-order valence-corrected chi connectivity index (χ4v) is 1.27. The number of carboxylic acid groups (broad SMARTS) is 1. The SMILES string of the molecule is Cc1cc(N)ncc1C(N)CC(=O)O. The highest BCUT2D eigenvalue weighted by molar-refractivity contribution is 5.68. The van der Waals surface area contributed by atoms with Gasteiger partial charge in [-0.2, -0.15) is 0 Å². The largest absolute Gasteiger partial charge is 0.481 e. The van der Waals surface area contributed by atoms with Gasteiger partial charge in [-0.25, -0.2) is 4.98 Å². The fourth-order valence-electron chi connectivity index (χ4n) is 1.27. The van der Waals surface area contributed by atoms with Crippen LogP contribution in [0.15, 0.2) is 12.3 Å². The summed E-state index contributed by atoms with van der Waals surface area (Å²) in [5, 5.41) is 8.57. The average Bonchev–Trinajstić information content (AvgIpc) is 2.01. The van der Waals surface area contributed by atoms with Crippen molar-refractivity contribution in [1.29, 1.82) is 0 Å². The van der Waals surface area contributed by atoms with E-state index in [9.17, 15) is 4.79 Å². The average molecular weight is 195 g/mol. The van der Waals surface area contributed by atoms with Gasteiger partial charge in [-0.15, -0.1) is 0 Å². The van der Waals surface area contributed by atoms with Crippen LogP contribution in [0.1, 0.15) is 23.6 Å². The standard InChI is InChI=1S/C9H13N3O2/c1-5-2-8(11)12-4-6(5)7(10)3-9(13)14/h2,4,7H,3,10H2,1H3,(H2,11,12)(H,13,14). The molecule has 5 heteroatoms. The van der Waals surface area contributed by atoms with Gasteiger partial charge in [-0.05, 0) is 24.1 Å². The number of aromatic nitrogens is 1. The summed E-state index contributed by atoms with van der Waals surface area (Å²) in [6.45, 7) is 1.83. The molecule has 14 heavy (non-hydrogen) atoms. The van der Waals surface area contributed by atoms with Gasteiger partial charge >= 0.3 is 5.97 Å². The minimum atomic E-state index is -0.922. The lowest BCUT2D eigenvalue weighted by Crippen LogP contribution is -2.16. The van der Waals surface area contributed by atoms with Crippen LogP contribution in [0.4, 0.5) is 5.82 Å². The first-order chi connectivity index (χ1) is 6.50. The van der Waals surface area contributed by atoms with E-state index < -0.39 is 12.0 Å². The maximum Gasteiger partial charge on any atom is 0.305 e. The molecule has 1 heterocycles. The zero-order valence-corrected chi connectivity index (χ0v) is 7.90. The Morgan fingerprint density at radius 1 is 1.71 bits per heavy atom. The molecule has 5 nitrogen and oxygen atoms in total. The van der Waals surface area contributed by atoms with Crippen molar-refractivity contribution < 1.29 is 9.90 Å². The number of aryl methyl sites for hydroxylation is 1. The number of nitrogens with zero attached hydrogens (tertiary/aromatic N) is 1. The van der Waals surface area contributed by atoms with Crippen LogP contribution < -0.4 is 11.5 Å². The summed E-state index contributed by atoms with van der Waals surface area (Å²) in [6.07, 6.45) is 1.42. The van der Waals surface area contributed by atoms with Crippen LogP contribution in [0.25, 0.3) is 0 Å². The van der Waals surface area contributed by atoms with Crippen molar-refractivity contribution in [3.05, 3.63) is 23.4 Å². The van der Waals surface area contributed by atoms with Crippen LogP contribution in [0, 0.1) is 6.92 Å². The van der Waals surface area contributed by atoms with Crippen molar-refractivity contribution in [2.75, 3.05) is 5.73 Å². The second kappa shape index (κ2) is 4.06. The monoisotopic (exact) mass is 195 g/mol. The summed E-state index contributed by atoms with van der Waals surface area (Å²) in [7, 11) is 0. The Morgan fingerprint density at radius 3 is 2.86 bits per heavy atom. The molecule has 0 saturated carbocycles. The van der Waals surface area contributed by atoms with Gasteiger partial charge in [0.1, 0.15) is 5.82 Å². The van der Waals surface area contributed by atoms with Gasteiger partial charge in [-0.1, -0.05) is 0 Å². The molecule has 0 fully saturated rings. The number of carboxylic acids is 1. The van der Waals surface area contributed by atoms with E-state index in [-0.39, 0.29) is 6.42 Å². The molecule has 0 amide bonds. The van der Waals surface area contributed by atoms with Crippen LogP contribution in [0.5, 0.6) is 0 Å². The summed E-state index contributed by atoms with van der Waals surface area (Å²) in [5.74, 6) is -0.512. The molecular formula is C9H13N3O2. The lowest BCUT2D eigenvalue weighted by molar-refractivity contribution is -0.137. The first kappa shape index (κ1) is 10.5. The van der Waals surface area contributed by atoms with E-state index in [1.807, 2.05) is 6.92 Å². The molecule has 0 radical (unpaired) electrons. The highest BCUT2D eigenvalue weighted by atomic mass is 16.4. The Balaban J connectivity index is 2.90. The minimum Gasteiger partial charge on any atom is -0.481 e. The van der Waals surface area contributed by atoms with E-state index in [0.29, 0.717) is 5.82 Å². The number of hydrogen-bond donors (Lipinski definition) is 3. The van der Waals surface area contributed by atoms with Gasteiger partial charge in [-0.3, -0.25) is 4.79 Å². The Hall–Kier alpha value is -1.62. The Morgan fingerprint density at radius 2 is 2.36 bits per heavy atom. The molecular weight excluding hydrogens is 182 g/mol. The van der Waals surface area contributed by atoms with Crippen LogP contribution in [-0.2, 0) is 4.79 Å². The van der Waals surface area contributed by atoms with E-state index in [2.05, 4.69) is 4.98 Å². The Labute approximate surface area is 81.7 Å². The maximum atomic E-state index is 10.4. The molecule has 0 aliphatic rings. The molecule has 0 bridgehead atoms. The van der Waals surface area contributed by atoms with E-state index in [0.717, 1.165) is 11.1 Å². The van der Waals surface area contributed by atoms with Gasteiger partial charge < -0.3 is 16.6 Å². The lowest BCUT2D eigenvalue weighted by atomic mass is 10.0. The number of rotatable bonds is 3. The third-order valence-electron chi connectivity index (χ3n) is 1.97. The van der Waals surface area contributed by atoms with Crippen molar-refractivity contribution in [3.63, 3.8) is 0 Å². The number of nitrogen functional groups attached to an aromatic ring is 1. The number of pyridine rings is 1. The van der Waals surface area contributed by atoms with Crippen molar-refractivity contribution in [2.45, 2.75) is 19.4 Å². The van der Waals surface area contributed by atoms with Gasteiger partial charge in [0.2, 0.25) is 0 Å². The molecule has 76 valence electrons. The highest BCUT2D eigenvalue weighted by Crippen LogP contribution is 2.18. The number of hydrogen-bond acceptors (Lipinski definition) is 4. The third-order valence-corrected chi connectivity index (χ3v) is 1.97. The molecule has 5 N–H and O–H groups in total. The minimum absolute atomic E-state index is 0.105. The molecule has 1 aromatic heterocycles. The van der Waals surface area contributed by atoms with Crippen LogP contribution >= 0.6 is 0 Å². The molecule has 1 aromatic rings. The molecule has 0 saturated heterocycles. The second-order valence-electron chi connectivity index (χ2n) is 3.17. The summed E-state index contributed by atoms with van der Waals surface area (Å²) in [6, 6.07) is 1.15. The topological polar surface area (TPSA) is 102 Å². The summed E-state index contributed by atoms with van der Waals surface area (Å²) >= 11 is 0. The quantitative estimate of drug-likeness (QED) is 0.649. The Bertz CT molecular complexity index is 352. The predicted octanol–water partition coefficient (Wildman–Crippen LogP) is 0.447. The fraction of sp³-hybridized carbons (Fsp3) is 0.333. The van der Waals surface area contributed by atoms with Crippen molar-refractivity contribution in [1.82, 2.24) is 4.98 Å². The number of aliphatic carboxylic acids is 1. The highest BCUT2D eigenvalue weighted by Gasteiger charge is 2.13. The van der Waals surface area contributed by atoms with E-state index in [1.165, 1.54) is 6.20 Å². The summed E-state index contributed by atoms with van der Waals surface area (Å²) < 4.78 is 0. The van der Waals surface area contributed by atoms with E-state index in [4.69, 9.17) is 16.6 Å². The lowest BCUT2D eigenvalue weighted by Gasteiger charge is -2.11. The molecule has 0 spiro atoms. The normalized spacial score (nSPS) is 12.4. The Kier molecular flexibility index (Phi) is 3.03. The molecule has 0 aliphatic heterocycles. The number of carbonyl (C=O) groups is 1. The van der Waals surface area contributed by atoms with E-state index in [1.54, 1.807) is 6.07 Å². The zero-order chi connectivity index (χ0) is 10.7. The van der Waals surface area contributed by atoms with E-state index >= 15 is 0 Å². The van der Waals surface area contributed by atoms with Gasteiger partial charge in [0.05, 0.1) is 6.42 Å². The zero-order valence-electron chi connectivity index (χ0n) is 7.90. The van der Waals surface area contributed by atoms with Crippen LogP contribution in [0.3, 0.4) is 0 Å². The van der Waals surface area contributed by atoms with Gasteiger partial charge in [0.25, 0.3) is 0 Å². The predicted molar refractivity (Wildman–Crippen MR) is 52.6 cm³/mol. The van der Waals surface area contributed by atoms with Crippen molar-refractivity contribution >= 4 is 11.8 Å². The molecule has 0 aliphatic carbocycles. The van der Waals surface area contributed by atoms with Gasteiger partial charge in [0, 0.05) is 12.2 Å². The summed E-state index contributed by atoms with van der Waals surface area (Å²) in [5.41, 5.74) is 12.7. The smallest absolute Gasteiger partial charge is 0.305 e. The third kappa shape index (κ3) is 2.43. The molecule has 1 atom stereocenters. The van der Waals surface area contributed by atoms with Crippen LogP contribution in [0.2, 0.25) is 0 Å². The maximum absolute atomic E-state index is 10.4. The molecule has 1 unspecified atom stereocenters. The molecule has 0 aromatic carbocycles. The first-order valence-corrected chi connectivity index (χ1v) is 4.20. The van der Waals surface area contributed by atoms with Gasteiger partial charge in [0.15, 0.2) is 0 Å². The second-order valence-corrected chi connectivity index (χ2v) is 3.17. The number of anilines is 1. The van der Waals surface area contributed by atoms with Crippen molar-refractivity contribution in [3.8, 4) is 0 Å². The molecule has 1 rings (SSSR count). The summed E-state index contributed by atoms with van der Waals surface area (Å²) in [4.78, 5) is 14.3. The van der Waals surface area contributed by atoms with Crippen molar-refractivity contribution in [2.24, 2.45) is 5.73 Å². The first-order valence-electron chi connectivity index (χ1n) is 4.20. The van der Waals surface area contributed by atoms with Crippen LogP contribution in [-0.4, -0.2) is 16.1 Å².